The predicted octanol–water partition coefficient (Wildman–Crippen LogP) is -0.151. The van der Waals surface area contributed by atoms with Gasteiger partial charge in [0.15, 0.2) is 6.10 Å². The second-order valence-corrected chi connectivity index (χ2v) is 4.98. The Hall–Kier alpha value is -1.14. The van der Waals surface area contributed by atoms with Gasteiger partial charge >= 0.3 is 5.97 Å². The molecule has 2 N–H and O–H groups in total. The number of hydrogen-bond donors (Lipinski definition) is 2. The number of amides is 1. The third-order valence-electron chi connectivity index (χ3n) is 3.71. The van der Waals surface area contributed by atoms with Gasteiger partial charge in [-0.3, -0.25) is 4.79 Å². The third-order valence-corrected chi connectivity index (χ3v) is 3.71. The molecule has 1 amide bonds. The smallest absolute Gasteiger partial charge is 0.332 e. The van der Waals surface area contributed by atoms with Crippen molar-refractivity contribution in [3.05, 3.63) is 0 Å². The summed E-state index contributed by atoms with van der Waals surface area (Å²) in [5.74, 6) is -0.736. The molecule has 0 aromatic heterocycles. The van der Waals surface area contributed by atoms with Gasteiger partial charge in [0.2, 0.25) is 0 Å². The molecular weight excluding hydrogens is 238 g/mol. The third kappa shape index (κ3) is 2.81. The van der Waals surface area contributed by atoms with Crippen molar-refractivity contribution in [2.24, 2.45) is 5.92 Å². The normalized spacial score (nSPS) is 31.8. The number of likely N-dealkylation sites (tertiary alicyclic amines) is 1. The molecule has 0 aliphatic carbocycles. The van der Waals surface area contributed by atoms with Gasteiger partial charge in [0.05, 0.1) is 0 Å². The van der Waals surface area contributed by atoms with Crippen LogP contribution in [0.15, 0.2) is 0 Å². The number of aliphatic hydroxyl groups excluding tert-OH is 1. The van der Waals surface area contributed by atoms with Gasteiger partial charge in [-0.05, 0) is 31.6 Å². The molecule has 2 aliphatic heterocycles. The molecule has 0 radical (unpaired) electrons. The molecule has 0 saturated carbocycles. The number of carbonyl (C=O) groups excluding carboxylic acids is 1. The van der Waals surface area contributed by atoms with E-state index < -0.39 is 18.2 Å². The highest BCUT2D eigenvalue weighted by molar-refractivity contribution is 5.83. The largest absolute Gasteiger partial charge is 0.479 e. The van der Waals surface area contributed by atoms with Gasteiger partial charge < -0.3 is 19.8 Å². The summed E-state index contributed by atoms with van der Waals surface area (Å²) in [6.45, 7) is 1.48. The van der Waals surface area contributed by atoms with E-state index >= 15 is 0 Å². The lowest BCUT2D eigenvalue weighted by Gasteiger charge is -2.20. The minimum Gasteiger partial charge on any atom is -0.479 e. The van der Waals surface area contributed by atoms with E-state index in [1.807, 2.05) is 0 Å². The van der Waals surface area contributed by atoms with Gasteiger partial charge in [0.1, 0.15) is 6.10 Å². The molecule has 2 rings (SSSR count). The summed E-state index contributed by atoms with van der Waals surface area (Å²) in [7, 11) is 0. The molecule has 2 saturated heterocycles. The highest BCUT2D eigenvalue weighted by Crippen LogP contribution is 2.25. The van der Waals surface area contributed by atoms with Crippen LogP contribution in [0.2, 0.25) is 0 Å². The van der Waals surface area contributed by atoms with Gasteiger partial charge in [-0.2, -0.15) is 0 Å². The first-order valence-electron chi connectivity index (χ1n) is 6.39. The molecule has 3 atom stereocenters. The summed E-state index contributed by atoms with van der Waals surface area (Å²) < 4.78 is 5.25. The van der Waals surface area contributed by atoms with E-state index in [-0.39, 0.29) is 12.5 Å². The standard InChI is InChI=1S/C12H19NO5/c14-6-4-8-3-5-13(7-8)11(15)9-1-2-10(18-9)12(16)17/h8-10,14H,1-7H2,(H,16,17). The van der Waals surface area contributed by atoms with Crippen LogP contribution >= 0.6 is 0 Å². The average Bonchev–Trinajstić information content (AvgIpc) is 2.97. The van der Waals surface area contributed by atoms with Gasteiger partial charge in [-0.1, -0.05) is 0 Å². The highest BCUT2D eigenvalue weighted by Gasteiger charge is 2.38. The molecule has 0 aromatic rings. The molecule has 2 fully saturated rings. The zero-order chi connectivity index (χ0) is 13.1. The Bertz CT molecular complexity index is 332. The number of carboxylic acid groups (broad SMARTS) is 1. The Balaban J connectivity index is 1.84. The van der Waals surface area contributed by atoms with Crippen molar-refractivity contribution in [2.75, 3.05) is 19.7 Å². The number of aliphatic hydroxyl groups is 1. The molecule has 0 spiro atoms. The van der Waals surface area contributed by atoms with Gasteiger partial charge in [0.25, 0.3) is 5.91 Å². The lowest BCUT2D eigenvalue weighted by molar-refractivity contribution is -0.154. The van der Waals surface area contributed by atoms with Crippen LogP contribution in [0.1, 0.15) is 25.7 Å². The van der Waals surface area contributed by atoms with Crippen molar-refractivity contribution in [1.82, 2.24) is 4.90 Å². The zero-order valence-electron chi connectivity index (χ0n) is 10.2. The number of nitrogens with zero attached hydrogens (tertiary/aromatic N) is 1. The first-order valence-corrected chi connectivity index (χ1v) is 6.39. The number of hydrogen-bond acceptors (Lipinski definition) is 4. The van der Waals surface area contributed by atoms with Crippen LogP contribution in [0.25, 0.3) is 0 Å². The maximum atomic E-state index is 12.1. The monoisotopic (exact) mass is 257 g/mol. The molecule has 0 aromatic carbocycles. The molecule has 2 heterocycles. The molecule has 102 valence electrons. The van der Waals surface area contributed by atoms with Crippen molar-refractivity contribution in [3.8, 4) is 0 Å². The van der Waals surface area contributed by atoms with Gasteiger partial charge in [0, 0.05) is 19.7 Å². The van der Waals surface area contributed by atoms with E-state index in [0.717, 1.165) is 6.42 Å². The van der Waals surface area contributed by atoms with E-state index in [4.69, 9.17) is 14.9 Å². The lowest BCUT2D eigenvalue weighted by atomic mass is 10.1. The van der Waals surface area contributed by atoms with E-state index in [1.165, 1.54) is 0 Å². The molecule has 0 bridgehead atoms. The molecule has 3 unspecified atom stereocenters. The van der Waals surface area contributed by atoms with Crippen LogP contribution in [0, 0.1) is 5.92 Å². The van der Waals surface area contributed by atoms with E-state index in [0.29, 0.717) is 38.3 Å². The van der Waals surface area contributed by atoms with Crippen LogP contribution in [-0.2, 0) is 14.3 Å². The van der Waals surface area contributed by atoms with Gasteiger partial charge in [-0.25, -0.2) is 4.79 Å². The SMILES string of the molecule is O=C(O)C1CCC(C(=O)N2CCC(CCO)C2)O1. The van der Waals surface area contributed by atoms with E-state index in [9.17, 15) is 9.59 Å². The maximum absolute atomic E-state index is 12.1. The van der Waals surface area contributed by atoms with Crippen molar-refractivity contribution >= 4 is 11.9 Å². The summed E-state index contributed by atoms with van der Waals surface area (Å²) in [5, 5.41) is 17.7. The second-order valence-electron chi connectivity index (χ2n) is 4.98. The van der Waals surface area contributed by atoms with E-state index in [2.05, 4.69) is 0 Å². The Morgan fingerprint density at radius 1 is 1.22 bits per heavy atom. The topological polar surface area (TPSA) is 87.1 Å². The Morgan fingerprint density at radius 3 is 2.56 bits per heavy atom. The van der Waals surface area contributed by atoms with Gasteiger partial charge in [-0.15, -0.1) is 0 Å². The number of carbonyl (C=O) groups is 2. The molecule has 6 heteroatoms. The summed E-state index contributed by atoms with van der Waals surface area (Å²) in [6.07, 6.45) is 1.07. The summed E-state index contributed by atoms with van der Waals surface area (Å²) in [5.41, 5.74) is 0. The molecule has 18 heavy (non-hydrogen) atoms. The second kappa shape index (κ2) is 5.67. The molecular formula is C12H19NO5. The first-order chi connectivity index (χ1) is 8.61. The fraction of sp³-hybridized carbons (Fsp3) is 0.833. The van der Waals surface area contributed by atoms with Crippen molar-refractivity contribution in [2.45, 2.75) is 37.9 Å². The summed E-state index contributed by atoms with van der Waals surface area (Å²) in [6, 6.07) is 0. The lowest BCUT2D eigenvalue weighted by Crippen LogP contribution is -2.38. The van der Waals surface area contributed by atoms with Crippen molar-refractivity contribution in [1.29, 1.82) is 0 Å². The predicted molar refractivity (Wildman–Crippen MR) is 61.9 cm³/mol. The zero-order valence-corrected chi connectivity index (χ0v) is 10.2. The fourth-order valence-electron chi connectivity index (χ4n) is 2.66. The summed E-state index contributed by atoms with van der Waals surface area (Å²) >= 11 is 0. The number of ether oxygens (including phenoxy) is 1. The summed E-state index contributed by atoms with van der Waals surface area (Å²) in [4.78, 5) is 24.6. The Kier molecular flexibility index (Phi) is 4.19. The van der Waals surface area contributed by atoms with Crippen LogP contribution in [-0.4, -0.2) is 58.9 Å². The Morgan fingerprint density at radius 2 is 1.94 bits per heavy atom. The quantitative estimate of drug-likeness (QED) is 0.731. The van der Waals surface area contributed by atoms with E-state index in [1.54, 1.807) is 4.90 Å². The minimum absolute atomic E-state index is 0.0980. The number of aliphatic carboxylic acids is 1. The van der Waals surface area contributed by atoms with Crippen LogP contribution in [0.5, 0.6) is 0 Å². The van der Waals surface area contributed by atoms with Crippen LogP contribution in [0.3, 0.4) is 0 Å². The van der Waals surface area contributed by atoms with Crippen LogP contribution in [0.4, 0.5) is 0 Å². The van der Waals surface area contributed by atoms with Crippen molar-refractivity contribution < 1.29 is 24.5 Å². The highest BCUT2D eigenvalue weighted by atomic mass is 16.5. The Labute approximate surface area is 106 Å². The number of rotatable bonds is 4. The molecule has 2 aliphatic rings. The first kappa shape index (κ1) is 13.3. The maximum Gasteiger partial charge on any atom is 0.332 e. The minimum atomic E-state index is -0.995. The van der Waals surface area contributed by atoms with Crippen LogP contribution < -0.4 is 0 Å². The van der Waals surface area contributed by atoms with Crippen molar-refractivity contribution in [3.63, 3.8) is 0 Å². The fourth-order valence-corrected chi connectivity index (χ4v) is 2.66. The average molecular weight is 257 g/mol. The number of carboxylic acids is 1. The molecule has 6 nitrogen and oxygen atoms in total.